The zero-order valence-corrected chi connectivity index (χ0v) is 6.44. The Hall–Kier alpha value is -1.35. The van der Waals surface area contributed by atoms with E-state index in [0.717, 1.165) is 0 Å². The van der Waals surface area contributed by atoms with E-state index in [1.54, 1.807) is 0 Å². The highest BCUT2D eigenvalue weighted by molar-refractivity contribution is 6.29. The van der Waals surface area contributed by atoms with Crippen molar-refractivity contribution in [3.05, 3.63) is 45.8 Å². The van der Waals surface area contributed by atoms with Crippen LogP contribution in [0.5, 0.6) is 0 Å². The molecule has 0 bridgehead atoms. The fourth-order valence-corrected chi connectivity index (χ4v) is 0.931. The van der Waals surface area contributed by atoms with Crippen molar-refractivity contribution in [2.75, 3.05) is 0 Å². The first-order valence-electron chi connectivity index (χ1n) is 5.51. The van der Waals surface area contributed by atoms with Gasteiger partial charge in [0.15, 0.2) is 0 Å². The van der Waals surface area contributed by atoms with Gasteiger partial charge in [0, 0.05) is 12.2 Å². The molecule has 2 rings (SSSR count). The number of pyridine rings is 1. The zero-order chi connectivity index (χ0) is 12.9. The highest BCUT2D eigenvalue weighted by atomic mass is 35.5. The van der Waals surface area contributed by atoms with E-state index in [1.165, 1.54) is 0 Å². The molecule has 0 spiro atoms. The Morgan fingerprint density at radius 1 is 1.58 bits per heavy atom. The van der Waals surface area contributed by atoms with E-state index in [-0.39, 0.29) is 10.8 Å². The van der Waals surface area contributed by atoms with Gasteiger partial charge in [0.1, 0.15) is 10.8 Å². The van der Waals surface area contributed by atoms with E-state index in [4.69, 9.17) is 18.5 Å². The molecule has 0 aromatic carbocycles. The van der Waals surface area contributed by atoms with E-state index >= 15 is 0 Å². The Bertz CT molecular complexity index is 699. The first-order chi connectivity index (χ1) is 7.86. The third kappa shape index (κ3) is 1.08. The molecule has 4 heteroatoms. The smallest absolute Gasteiger partial charge is 0.259 e. The van der Waals surface area contributed by atoms with Crippen LogP contribution in [0.15, 0.2) is 35.1 Å². The Morgan fingerprint density at radius 2 is 2.42 bits per heavy atom. The van der Waals surface area contributed by atoms with E-state index < -0.39 is 35.9 Å². The molecule has 0 saturated heterocycles. The summed E-state index contributed by atoms with van der Waals surface area (Å²) in [5.74, 6) is 0. The van der Waals surface area contributed by atoms with Gasteiger partial charge in [-0.1, -0.05) is 17.6 Å². The average Bonchev–Trinajstić information content (AvgIpc) is 2.30. The molecule has 0 fully saturated rings. The van der Waals surface area contributed by atoms with Crippen LogP contribution in [0, 0.1) is 0 Å². The monoisotopic (exact) mass is 185 g/mol. The second kappa shape index (κ2) is 2.60. The fourth-order valence-electron chi connectivity index (χ4n) is 0.770. The van der Waals surface area contributed by atoms with Crippen molar-refractivity contribution in [2.45, 2.75) is 0 Å². The van der Waals surface area contributed by atoms with Gasteiger partial charge in [0.25, 0.3) is 5.56 Å². The van der Waals surface area contributed by atoms with Gasteiger partial charge in [-0.25, -0.2) is 4.98 Å². The van der Waals surface area contributed by atoms with Gasteiger partial charge in [0.05, 0.1) is 6.85 Å². The van der Waals surface area contributed by atoms with Gasteiger partial charge in [-0.15, -0.1) is 0 Å². The molecule has 0 unspecified atom stereocenters. The summed E-state index contributed by atoms with van der Waals surface area (Å²) in [5, 5.41) is -0.389. The molecule has 0 saturated carbocycles. The average molecular weight is 186 g/mol. The van der Waals surface area contributed by atoms with Crippen LogP contribution in [-0.2, 0) is 0 Å². The Kier molecular flexibility index (Phi) is 0.776. The molecule has 0 aliphatic carbocycles. The molecule has 0 amide bonds. The number of hydrogen-bond acceptors (Lipinski definition) is 2. The van der Waals surface area contributed by atoms with Crippen molar-refractivity contribution in [2.24, 2.45) is 0 Å². The second-order valence-corrected chi connectivity index (χ2v) is 2.34. The van der Waals surface area contributed by atoms with Gasteiger partial charge in [-0.05, 0) is 12.1 Å². The molecule has 0 N–H and O–H groups in total. The van der Waals surface area contributed by atoms with Crippen LogP contribution in [0.2, 0.25) is 5.15 Å². The number of nitrogens with zero attached hydrogens (tertiary/aromatic N) is 2. The molecule has 12 heavy (non-hydrogen) atoms. The highest BCUT2D eigenvalue weighted by Crippen LogP contribution is 2.02. The number of hydrogen-bond donors (Lipinski definition) is 0. The molecule has 0 atom stereocenters. The Balaban J connectivity index is 3.18. The van der Waals surface area contributed by atoms with Crippen molar-refractivity contribution < 1.29 is 6.85 Å². The summed E-state index contributed by atoms with van der Waals surface area (Å²) in [6, 6.07) is -2.14. The fraction of sp³-hybridized carbons (Fsp3) is 0. The predicted molar refractivity (Wildman–Crippen MR) is 46.5 cm³/mol. The van der Waals surface area contributed by atoms with E-state index in [0.29, 0.717) is 4.40 Å². The number of halogens is 1. The molecule has 0 aliphatic heterocycles. The molecule has 0 aliphatic rings. The minimum absolute atomic E-state index is 0.290. The van der Waals surface area contributed by atoms with Crippen LogP contribution in [0.25, 0.3) is 5.65 Å². The summed E-state index contributed by atoms with van der Waals surface area (Å²) in [5.41, 5.74) is -1.21. The predicted octanol–water partition coefficient (Wildman–Crippen LogP) is 1.35. The SMILES string of the molecule is [2H]c1c([2H])c([2H])n2c(=O)c([2H])c(Cl)nc2c1[2H]. The van der Waals surface area contributed by atoms with Crippen LogP contribution in [0.3, 0.4) is 0 Å². The third-order valence-electron chi connectivity index (χ3n) is 1.23. The zero-order valence-electron chi connectivity index (χ0n) is 10.7. The standard InChI is InChI=1S/C8H5ClN2O/c9-6-5-8(12)11-4-2-1-3-7(11)10-6/h1-5H/i1D,2D,3D,4D,5D. The van der Waals surface area contributed by atoms with E-state index in [2.05, 4.69) is 4.98 Å². The molecular formula is C8H5ClN2O. The third-order valence-corrected chi connectivity index (χ3v) is 1.41. The van der Waals surface area contributed by atoms with E-state index in [9.17, 15) is 4.79 Å². The molecule has 2 aromatic heterocycles. The normalized spacial score (nSPS) is 16.2. The summed E-state index contributed by atoms with van der Waals surface area (Å²) in [6.45, 7) is 0. The van der Waals surface area contributed by atoms with Crippen molar-refractivity contribution in [1.29, 1.82) is 0 Å². The van der Waals surface area contributed by atoms with Crippen molar-refractivity contribution in [1.82, 2.24) is 9.38 Å². The van der Waals surface area contributed by atoms with Crippen molar-refractivity contribution in [3.63, 3.8) is 0 Å². The number of fused-ring (bicyclic) bond motifs is 1. The van der Waals surface area contributed by atoms with Gasteiger partial charge in [-0.3, -0.25) is 9.20 Å². The van der Waals surface area contributed by atoms with Gasteiger partial charge in [-0.2, -0.15) is 0 Å². The maximum absolute atomic E-state index is 11.7. The Labute approximate surface area is 80.3 Å². The summed E-state index contributed by atoms with van der Waals surface area (Å²) in [7, 11) is 0. The molecule has 0 radical (unpaired) electrons. The minimum Gasteiger partial charge on any atom is -0.269 e. The molecular weight excluding hydrogens is 176 g/mol. The maximum atomic E-state index is 11.7. The molecule has 60 valence electrons. The largest absolute Gasteiger partial charge is 0.269 e. The van der Waals surface area contributed by atoms with Crippen molar-refractivity contribution >= 4 is 17.2 Å². The van der Waals surface area contributed by atoms with Crippen LogP contribution >= 0.6 is 11.6 Å². The second-order valence-electron chi connectivity index (χ2n) is 1.98. The maximum Gasteiger partial charge on any atom is 0.259 e. The number of rotatable bonds is 0. The molecule has 3 nitrogen and oxygen atoms in total. The first-order valence-corrected chi connectivity index (χ1v) is 3.39. The summed E-state index contributed by atoms with van der Waals surface area (Å²) >= 11 is 5.54. The lowest BCUT2D eigenvalue weighted by atomic mass is 10.4. The minimum atomic E-state index is -0.924. The van der Waals surface area contributed by atoms with Crippen LogP contribution in [0.4, 0.5) is 0 Å². The van der Waals surface area contributed by atoms with Crippen LogP contribution < -0.4 is 5.56 Å². The quantitative estimate of drug-likeness (QED) is 0.581. The summed E-state index contributed by atoms with van der Waals surface area (Å²) in [4.78, 5) is 15.3. The van der Waals surface area contributed by atoms with E-state index in [1.807, 2.05) is 0 Å². The Morgan fingerprint density at radius 3 is 3.25 bits per heavy atom. The van der Waals surface area contributed by atoms with Gasteiger partial charge < -0.3 is 0 Å². The van der Waals surface area contributed by atoms with Crippen LogP contribution in [-0.4, -0.2) is 9.38 Å². The number of aromatic nitrogens is 2. The van der Waals surface area contributed by atoms with Gasteiger partial charge >= 0.3 is 0 Å². The summed E-state index contributed by atoms with van der Waals surface area (Å²) in [6.07, 6.45) is -0.580. The van der Waals surface area contributed by atoms with Gasteiger partial charge in [0.2, 0.25) is 0 Å². The highest BCUT2D eigenvalue weighted by Gasteiger charge is 1.97. The molecule has 2 aromatic rings. The molecule has 2 heterocycles. The summed E-state index contributed by atoms with van der Waals surface area (Å²) < 4.78 is 37.9. The lowest BCUT2D eigenvalue weighted by Crippen LogP contribution is -2.12. The first kappa shape index (κ1) is 3.58. The van der Waals surface area contributed by atoms with Crippen LogP contribution in [0.1, 0.15) is 6.85 Å². The topological polar surface area (TPSA) is 34.4 Å². The lowest BCUT2D eigenvalue weighted by Gasteiger charge is -1.97. The van der Waals surface area contributed by atoms with Crippen molar-refractivity contribution in [3.8, 4) is 0 Å². The lowest BCUT2D eigenvalue weighted by molar-refractivity contribution is 1.05.